The smallest absolute Gasteiger partial charge is 0.225 e. The Morgan fingerprint density at radius 3 is 2.71 bits per heavy atom. The van der Waals surface area contributed by atoms with E-state index in [4.69, 9.17) is 4.74 Å². The Hall–Kier alpha value is -2.66. The zero-order valence-corrected chi connectivity index (χ0v) is 16.7. The predicted molar refractivity (Wildman–Crippen MR) is 112 cm³/mol. The van der Waals surface area contributed by atoms with Crippen molar-refractivity contribution in [2.45, 2.75) is 26.2 Å². The van der Waals surface area contributed by atoms with Crippen LogP contribution >= 0.6 is 11.3 Å². The number of benzene rings is 2. The van der Waals surface area contributed by atoms with Crippen molar-refractivity contribution in [3.8, 4) is 16.9 Å². The highest BCUT2D eigenvalue weighted by molar-refractivity contribution is 7.11. The topological polar surface area (TPSA) is 38.3 Å². The zero-order valence-electron chi connectivity index (χ0n) is 15.9. The van der Waals surface area contributed by atoms with Crippen LogP contribution in [0.4, 0.5) is 10.1 Å². The number of rotatable bonds is 5. The SMILES string of the molecule is CC(C)COc1ccc(C2CC(=O)Nc3c(-c4cccc(F)c4)csc32)cc1. The number of amides is 1. The number of ether oxygens (including phenoxy) is 1. The second-order valence-electron chi connectivity index (χ2n) is 7.48. The van der Waals surface area contributed by atoms with E-state index in [1.807, 2.05) is 35.7 Å². The summed E-state index contributed by atoms with van der Waals surface area (Å²) in [5, 5.41) is 4.99. The van der Waals surface area contributed by atoms with Gasteiger partial charge in [0, 0.05) is 28.2 Å². The molecule has 144 valence electrons. The molecule has 2 heterocycles. The lowest BCUT2D eigenvalue weighted by Crippen LogP contribution is -2.22. The fourth-order valence-electron chi connectivity index (χ4n) is 3.42. The first kappa shape index (κ1) is 18.7. The zero-order chi connectivity index (χ0) is 19.7. The van der Waals surface area contributed by atoms with Crippen LogP contribution in [0.15, 0.2) is 53.9 Å². The number of carbonyl (C=O) groups excluding carboxylic acids is 1. The van der Waals surface area contributed by atoms with Crippen LogP contribution in [-0.4, -0.2) is 12.5 Å². The Labute approximate surface area is 168 Å². The molecule has 28 heavy (non-hydrogen) atoms. The minimum atomic E-state index is -0.284. The van der Waals surface area contributed by atoms with Crippen LogP contribution in [0.25, 0.3) is 11.1 Å². The van der Waals surface area contributed by atoms with E-state index in [1.54, 1.807) is 17.4 Å². The highest BCUT2D eigenvalue weighted by Gasteiger charge is 2.30. The standard InChI is InChI=1S/C23H22FNO2S/c1-14(2)12-27-18-8-6-15(7-9-18)19-11-21(26)25-22-20(13-28-23(19)22)16-4-3-5-17(24)10-16/h3-10,13-14,19H,11-12H2,1-2H3,(H,25,26). The van der Waals surface area contributed by atoms with Gasteiger partial charge >= 0.3 is 0 Å². The third-order valence-corrected chi connectivity index (χ3v) is 5.89. The van der Waals surface area contributed by atoms with E-state index in [1.165, 1.54) is 12.1 Å². The lowest BCUT2D eigenvalue weighted by Gasteiger charge is -2.24. The second kappa shape index (κ2) is 7.76. The molecule has 1 unspecified atom stereocenters. The van der Waals surface area contributed by atoms with Crippen molar-refractivity contribution >= 4 is 22.9 Å². The summed E-state index contributed by atoms with van der Waals surface area (Å²) in [5.74, 6) is 0.998. The number of thiophene rings is 1. The Balaban J connectivity index is 1.65. The molecule has 3 nitrogen and oxygen atoms in total. The van der Waals surface area contributed by atoms with Gasteiger partial charge in [0.25, 0.3) is 0 Å². The van der Waals surface area contributed by atoms with Crippen molar-refractivity contribution in [2.24, 2.45) is 5.92 Å². The van der Waals surface area contributed by atoms with Gasteiger partial charge in [-0.25, -0.2) is 4.39 Å². The second-order valence-corrected chi connectivity index (χ2v) is 8.39. The fourth-order valence-corrected chi connectivity index (χ4v) is 4.58. The van der Waals surface area contributed by atoms with Gasteiger partial charge in [-0.1, -0.05) is 38.1 Å². The van der Waals surface area contributed by atoms with Crippen LogP contribution in [0.5, 0.6) is 5.75 Å². The van der Waals surface area contributed by atoms with Crippen LogP contribution in [0.3, 0.4) is 0 Å². The molecule has 1 amide bonds. The quantitative estimate of drug-likeness (QED) is 0.570. The van der Waals surface area contributed by atoms with E-state index in [0.717, 1.165) is 33.0 Å². The van der Waals surface area contributed by atoms with Crippen molar-refractivity contribution in [2.75, 3.05) is 11.9 Å². The first-order chi connectivity index (χ1) is 13.5. The van der Waals surface area contributed by atoms with Gasteiger partial charge in [0.05, 0.1) is 12.3 Å². The van der Waals surface area contributed by atoms with E-state index in [-0.39, 0.29) is 17.6 Å². The molecule has 1 aliphatic heterocycles. The predicted octanol–water partition coefficient (Wildman–Crippen LogP) is 6.06. The Bertz CT molecular complexity index is 994. The Kier molecular flexibility index (Phi) is 5.18. The molecule has 0 spiro atoms. The van der Waals surface area contributed by atoms with Gasteiger partial charge in [0.2, 0.25) is 5.91 Å². The van der Waals surface area contributed by atoms with Crippen molar-refractivity contribution in [3.63, 3.8) is 0 Å². The number of anilines is 1. The summed E-state index contributed by atoms with van der Waals surface area (Å²) in [6.45, 7) is 4.91. The molecule has 0 radical (unpaired) electrons. The number of nitrogens with one attached hydrogen (secondary N) is 1. The molecule has 1 aromatic heterocycles. The maximum absolute atomic E-state index is 13.7. The van der Waals surface area contributed by atoms with Crippen molar-refractivity contribution < 1.29 is 13.9 Å². The molecule has 0 saturated heterocycles. The molecule has 1 aliphatic rings. The van der Waals surface area contributed by atoms with Crippen LogP contribution in [-0.2, 0) is 4.79 Å². The molecule has 0 aliphatic carbocycles. The number of hydrogen-bond acceptors (Lipinski definition) is 3. The lowest BCUT2D eigenvalue weighted by atomic mass is 9.89. The molecule has 0 saturated carbocycles. The molecule has 1 N–H and O–H groups in total. The van der Waals surface area contributed by atoms with Crippen LogP contribution < -0.4 is 10.1 Å². The van der Waals surface area contributed by atoms with Gasteiger partial charge in [0.15, 0.2) is 0 Å². The highest BCUT2D eigenvalue weighted by atomic mass is 32.1. The number of carbonyl (C=O) groups is 1. The van der Waals surface area contributed by atoms with E-state index < -0.39 is 0 Å². The summed E-state index contributed by atoms with van der Waals surface area (Å²) >= 11 is 1.61. The highest BCUT2D eigenvalue weighted by Crippen LogP contribution is 2.46. The lowest BCUT2D eigenvalue weighted by molar-refractivity contribution is -0.116. The van der Waals surface area contributed by atoms with Gasteiger partial charge in [-0.15, -0.1) is 11.3 Å². The number of fused-ring (bicyclic) bond motifs is 1. The van der Waals surface area contributed by atoms with Crippen molar-refractivity contribution in [1.82, 2.24) is 0 Å². The van der Waals surface area contributed by atoms with Gasteiger partial charge in [-0.3, -0.25) is 4.79 Å². The Morgan fingerprint density at radius 2 is 2.00 bits per heavy atom. The normalized spacial score (nSPS) is 16.0. The van der Waals surface area contributed by atoms with Crippen molar-refractivity contribution in [3.05, 3.63) is 70.2 Å². The van der Waals surface area contributed by atoms with E-state index in [0.29, 0.717) is 18.9 Å². The molecule has 2 aromatic carbocycles. The largest absolute Gasteiger partial charge is 0.493 e. The van der Waals surface area contributed by atoms with Crippen molar-refractivity contribution in [1.29, 1.82) is 0 Å². The van der Waals surface area contributed by atoms with Gasteiger partial charge in [0.1, 0.15) is 11.6 Å². The van der Waals surface area contributed by atoms with Crippen LogP contribution in [0.1, 0.15) is 36.6 Å². The molecule has 4 rings (SSSR count). The molecular weight excluding hydrogens is 373 g/mol. The average Bonchev–Trinajstić information content (AvgIpc) is 3.10. The molecule has 0 bridgehead atoms. The summed E-state index contributed by atoms with van der Waals surface area (Å²) in [4.78, 5) is 13.5. The molecular formula is C23H22FNO2S. The summed E-state index contributed by atoms with van der Waals surface area (Å²) in [7, 11) is 0. The minimum absolute atomic E-state index is 0.00444. The van der Waals surface area contributed by atoms with Gasteiger partial charge < -0.3 is 10.1 Å². The first-order valence-electron chi connectivity index (χ1n) is 9.41. The summed E-state index contributed by atoms with van der Waals surface area (Å²) in [6.07, 6.45) is 0.405. The van der Waals surface area contributed by atoms with Gasteiger partial charge in [-0.05, 0) is 41.3 Å². The molecule has 0 fully saturated rings. The van der Waals surface area contributed by atoms with Crippen LogP contribution in [0, 0.1) is 11.7 Å². The third kappa shape index (κ3) is 3.80. The first-order valence-corrected chi connectivity index (χ1v) is 10.3. The minimum Gasteiger partial charge on any atom is -0.493 e. The summed E-state index contributed by atoms with van der Waals surface area (Å²) < 4.78 is 19.4. The molecule has 1 atom stereocenters. The molecule has 3 aromatic rings. The van der Waals surface area contributed by atoms with E-state index in [9.17, 15) is 9.18 Å². The maximum atomic E-state index is 13.7. The Morgan fingerprint density at radius 1 is 1.21 bits per heavy atom. The van der Waals surface area contributed by atoms with Crippen LogP contribution in [0.2, 0.25) is 0 Å². The fraction of sp³-hybridized carbons (Fsp3) is 0.261. The number of hydrogen-bond donors (Lipinski definition) is 1. The number of halogens is 1. The maximum Gasteiger partial charge on any atom is 0.225 e. The van der Waals surface area contributed by atoms with E-state index in [2.05, 4.69) is 19.2 Å². The summed E-state index contributed by atoms with van der Waals surface area (Å²) in [6, 6.07) is 14.5. The van der Waals surface area contributed by atoms with Gasteiger partial charge in [-0.2, -0.15) is 0 Å². The summed E-state index contributed by atoms with van der Waals surface area (Å²) in [5.41, 5.74) is 3.53. The average molecular weight is 395 g/mol. The third-order valence-electron chi connectivity index (χ3n) is 4.79. The monoisotopic (exact) mass is 395 g/mol. The van der Waals surface area contributed by atoms with E-state index >= 15 is 0 Å². The molecule has 5 heteroatoms.